The van der Waals surface area contributed by atoms with Crippen molar-refractivity contribution < 1.29 is 13.5 Å². The molecule has 2 amide bonds. The third kappa shape index (κ3) is 3.35. The van der Waals surface area contributed by atoms with Gasteiger partial charge < -0.3 is 5.73 Å². The highest BCUT2D eigenvalue weighted by molar-refractivity contribution is 7.44. The molecule has 1 aromatic rings. The summed E-state index contributed by atoms with van der Waals surface area (Å²) in [6.45, 7) is 0. The summed E-state index contributed by atoms with van der Waals surface area (Å²) >= 11 is 21.1. The van der Waals surface area contributed by atoms with Gasteiger partial charge in [0.25, 0.3) is 12.4 Å². The standard InChI is InChI=1S/C9H5Cl3N2O2S/c10-9(11,12)14(17)8(16)6-4-2-1-3-5(6)7(13)15/h1-4H,(H-,13,15)/p+1. The van der Waals surface area contributed by atoms with Crippen molar-refractivity contribution in [3.63, 3.8) is 0 Å². The van der Waals surface area contributed by atoms with Crippen LogP contribution in [-0.4, -0.2) is 19.7 Å². The number of carbonyl (C=O) groups is 2. The maximum atomic E-state index is 11.9. The van der Waals surface area contributed by atoms with Gasteiger partial charge in [0.15, 0.2) is 0 Å². The summed E-state index contributed by atoms with van der Waals surface area (Å²) in [4.78, 5) is 23.0. The highest BCUT2D eigenvalue weighted by Gasteiger charge is 2.42. The van der Waals surface area contributed by atoms with Crippen LogP contribution >= 0.6 is 34.8 Å². The normalized spacial score (nSPS) is 11.0. The summed E-state index contributed by atoms with van der Waals surface area (Å²) in [7, 11) is 0. The van der Waals surface area contributed by atoms with Gasteiger partial charge in [0.2, 0.25) is 5.91 Å². The lowest BCUT2D eigenvalue weighted by atomic mass is 10.1. The first kappa shape index (κ1) is 14.3. The predicted molar refractivity (Wildman–Crippen MR) is 67.2 cm³/mol. The molecule has 0 aliphatic heterocycles. The van der Waals surface area contributed by atoms with E-state index in [1.165, 1.54) is 12.1 Å². The number of nitrogens with zero attached hydrogens (tertiary/aromatic N) is 1. The summed E-state index contributed by atoms with van der Waals surface area (Å²) in [6.07, 6.45) is 0. The van der Waals surface area contributed by atoms with E-state index in [1.807, 2.05) is 0 Å². The second-order valence-corrected chi connectivity index (χ2v) is 5.56. The molecule has 2 N–H and O–H groups in total. The minimum atomic E-state index is -2.07. The highest BCUT2D eigenvalue weighted by atomic mass is 35.6. The van der Waals surface area contributed by atoms with Gasteiger partial charge in [0, 0.05) is 0 Å². The lowest BCUT2D eigenvalue weighted by Gasteiger charge is -2.05. The third-order valence-corrected chi connectivity index (χ3v) is 3.09. The number of alkyl halides is 3. The van der Waals surface area contributed by atoms with Crippen LogP contribution < -0.4 is 5.73 Å². The van der Waals surface area contributed by atoms with Crippen LogP contribution in [0, 0.1) is 0 Å². The molecule has 0 aliphatic carbocycles. The topological polar surface area (TPSA) is 63.2 Å². The number of hydrogen-bond acceptors (Lipinski definition) is 3. The molecule has 0 aromatic heterocycles. The molecule has 17 heavy (non-hydrogen) atoms. The van der Waals surface area contributed by atoms with Crippen molar-refractivity contribution in [2.75, 3.05) is 0 Å². The molecule has 0 fully saturated rings. The zero-order valence-corrected chi connectivity index (χ0v) is 11.3. The number of hydrogen-bond donors (Lipinski definition) is 1. The quantitative estimate of drug-likeness (QED) is 0.516. The number of carbonyl (C=O) groups excluding carboxylic acids is 2. The molecular formula is C9H6Cl3N2O2S+. The summed E-state index contributed by atoms with van der Waals surface area (Å²) in [5, 5.41) is 0. The lowest BCUT2D eigenvalue weighted by molar-refractivity contribution is -0.409. The molecule has 4 nitrogen and oxygen atoms in total. The minimum Gasteiger partial charge on any atom is -0.366 e. The maximum Gasteiger partial charge on any atom is 0.437 e. The van der Waals surface area contributed by atoms with Gasteiger partial charge in [0.1, 0.15) is 5.56 Å². The van der Waals surface area contributed by atoms with Crippen molar-refractivity contribution in [2.24, 2.45) is 5.73 Å². The van der Waals surface area contributed by atoms with Crippen molar-refractivity contribution in [1.82, 2.24) is 0 Å². The molecule has 0 atom stereocenters. The highest BCUT2D eigenvalue weighted by Crippen LogP contribution is 2.28. The number of halogens is 3. The molecule has 0 unspecified atom stereocenters. The van der Waals surface area contributed by atoms with Crippen molar-refractivity contribution in [3.05, 3.63) is 35.4 Å². The zero-order valence-electron chi connectivity index (χ0n) is 8.19. The Morgan fingerprint density at radius 1 is 1.18 bits per heavy atom. The Hall–Kier alpha value is -0.750. The Bertz CT molecular complexity index is 499. The van der Waals surface area contributed by atoms with Crippen LogP contribution in [0.15, 0.2) is 24.3 Å². The van der Waals surface area contributed by atoms with E-state index in [4.69, 9.17) is 40.5 Å². The van der Waals surface area contributed by atoms with Gasteiger partial charge in [-0.05, 0) is 50.9 Å². The van der Waals surface area contributed by atoms with Crippen LogP contribution in [0.1, 0.15) is 20.7 Å². The Labute approximate surface area is 117 Å². The van der Waals surface area contributed by atoms with E-state index >= 15 is 0 Å². The van der Waals surface area contributed by atoms with Crippen LogP contribution in [0.5, 0.6) is 0 Å². The number of nitrogens with two attached hydrogens (primary N) is 1. The van der Waals surface area contributed by atoms with Gasteiger partial charge in [-0.1, -0.05) is 12.1 Å². The van der Waals surface area contributed by atoms with E-state index in [0.29, 0.717) is 3.95 Å². The van der Waals surface area contributed by atoms with Gasteiger partial charge in [0.05, 0.1) is 5.56 Å². The predicted octanol–water partition coefficient (Wildman–Crippen LogP) is 2.00. The van der Waals surface area contributed by atoms with Crippen molar-refractivity contribution in [2.45, 2.75) is 3.92 Å². The lowest BCUT2D eigenvalue weighted by Crippen LogP contribution is -2.31. The average Bonchev–Trinajstić information content (AvgIpc) is 2.25. The van der Waals surface area contributed by atoms with Crippen molar-refractivity contribution >= 4 is 59.0 Å². The maximum absolute atomic E-state index is 11.9. The molecule has 8 heteroatoms. The number of rotatable bonds is 2. The first-order chi connectivity index (χ1) is 7.75. The van der Waals surface area contributed by atoms with E-state index in [2.05, 4.69) is 12.4 Å². The number of primary amides is 1. The third-order valence-electron chi connectivity index (χ3n) is 1.84. The number of benzene rings is 1. The minimum absolute atomic E-state index is 0.0127. The first-order valence-electron chi connectivity index (χ1n) is 4.22. The smallest absolute Gasteiger partial charge is 0.366 e. The van der Waals surface area contributed by atoms with Crippen LogP contribution in [0.3, 0.4) is 0 Å². The Balaban J connectivity index is 3.22. The van der Waals surface area contributed by atoms with Crippen LogP contribution in [0.4, 0.5) is 0 Å². The molecule has 1 aromatic carbocycles. The van der Waals surface area contributed by atoms with Gasteiger partial charge in [-0.3, -0.25) is 4.79 Å². The van der Waals surface area contributed by atoms with E-state index in [1.54, 1.807) is 12.1 Å². The van der Waals surface area contributed by atoms with Crippen molar-refractivity contribution in [3.8, 4) is 0 Å². The summed E-state index contributed by atoms with van der Waals surface area (Å²) in [6, 6.07) is 5.86. The van der Waals surface area contributed by atoms with Gasteiger partial charge in [-0.2, -0.15) is 0 Å². The molecule has 0 bridgehead atoms. The summed E-state index contributed by atoms with van der Waals surface area (Å²) in [5.41, 5.74) is 5.12. The molecule has 0 saturated carbocycles. The molecule has 0 aliphatic rings. The van der Waals surface area contributed by atoms with Crippen LogP contribution in [-0.2, 0) is 12.4 Å². The fraction of sp³-hybridized carbons (Fsp3) is 0.111. The van der Waals surface area contributed by atoms with Gasteiger partial charge in [-0.25, -0.2) is 4.79 Å². The molecule has 0 heterocycles. The molecular weight excluding hydrogens is 307 g/mol. The number of amides is 2. The fourth-order valence-electron chi connectivity index (χ4n) is 1.11. The molecule has 0 radical (unpaired) electrons. The first-order valence-corrected chi connectivity index (χ1v) is 5.72. The molecule has 1 rings (SSSR count). The van der Waals surface area contributed by atoms with E-state index in [0.717, 1.165) is 0 Å². The second kappa shape index (κ2) is 5.27. The second-order valence-electron chi connectivity index (χ2n) is 2.98. The summed E-state index contributed by atoms with van der Waals surface area (Å²) in [5.74, 6) is -1.55. The Morgan fingerprint density at radius 3 is 2.06 bits per heavy atom. The van der Waals surface area contributed by atoms with Gasteiger partial charge >= 0.3 is 9.82 Å². The Morgan fingerprint density at radius 2 is 1.65 bits per heavy atom. The van der Waals surface area contributed by atoms with E-state index in [-0.39, 0.29) is 11.1 Å². The molecule has 90 valence electrons. The Kier molecular flexibility index (Phi) is 4.43. The SMILES string of the molecule is NC(=O)c1ccccc1C(=O)[N+](=S)C(Cl)(Cl)Cl. The van der Waals surface area contributed by atoms with E-state index in [9.17, 15) is 9.59 Å². The summed E-state index contributed by atoms with van der Waals surface area (Å²) < 4.78 is -1.60. The fourth-order valence-corrected chi connectivity index (χ4v) is 1.44. The zero-order chi connectivity index (χ0) is 13.2. The molecule has 0 saturated heterocycles. The average molecular weight is 313 g/mol. The molecule has 0 spiro atoms. The monoisotopic (exact) mass is 311 g/mol. The van der Waals surface area contributed by atoms with Crippen LogP contribution in [0.25, 0.3) is 0 Å². The van der Waals surface area contributed by atoms with Gasteiger partial charge in [-0.15, -0.1) is 0 Å². The van der Waals surface area contributed by atoms with Crippen LogP contribution in [0.2, 0.25) is 0 Å². The van der Waals surface area contributed by atoms with Crippen molar-refractivity contribution in [1.29, 1.82) is 0 Å². The largest absolute Gasteiger partial charge is 0.437 e. The van der Waals surface area contributed by atoms with E-state index < -0.39 is 15.7 Å².